The lowest BCUT2D eigenvalue weighted by Crippen LogP contribution is -2.41. The maximum atomic E-state index is 13.3. The molecule has 0 spiro atoms. The van der Waals surface area contributed by atoms with Gasteiger partial charge in [0.25, 0.3) is 11.8 Å². The van der Waals surface area contributed by atoms with E-state index in [-0.39, 0.29) is 5.56 Å². The number of nitrogens with one attached hydrogen (secondary N) is 2. The number of halogens is 2. The highest BCUT2D eigenvalue weighted by molar-refractivity contribution is 5.98. The van der Waals surface area contributed by atoms with E-state index in [0.717, 1.165) is 12.1 Å². The first-order valence-electron chi connectivity index (χ1n) is 6.35. The van der Waals surface area contributed by atoms with Gasteiger partial charge in [-0.1, -0.05) is 24.3 Å². The number of hydrazine groups is 1. The van der Waals surface area contributed by atoms with E-state index in [2.05, 4.69) is 10.9 Å². The molecule has 2 amide bonds. The van der Waals surface area contributed by atoms with Crippen LogP contribution in [0.2, 0.25) is 0 Å². The Hall–Kier alpha value is -3.02. The van der Waals surface area contributed by atoms with Gasteiger partial charge in [-0.3, -0.25) is 20.4 Å². The largest absolute Gasteiger partial charge is 0.272 e. The first kappa shape index (κ1) is 15.4. The lowest BCUT2D eigenvalue weighted by atomic mass is 10.2. The van der Waals surface area contributed by atoms with Crippen LogP contribution in [0.5, 0.6) is 0 Å². The van der Waals surface area contributed by atoms with Crippen molar-refractivity contribution in [2.45, 2.75) is 0 Å². The fourth-order valence-corrected chi connectivity index (χ4v) is 1.65. The SMILES string of the molecule is O=C(/C=C/c1cccc(F)c1)NNC(=O)c1ccccc1F. The van der Waals surface area contributed by atoms with Crippen LogP contribution >= 0.6 is 0 Å². The Balaban J connectivity index is 1.90. The van der Waals surface area contributed by atoms with Crippen LogP contribution in [0.4, 0.5) is 8.78 Å². The molecule has 2 aromatic rings. The summed E-state index contributed by atoms with van der Waals surface area (Å²) < 4.78 is 26.3. The minimum absolute atomic E-state index is 0.183. The van der Waals surface area contributed by atoms with Gasteiger partial charge in [0.1, 0.15) is 11.6 Å². The van der Waals surface area contributed by atoms with Crippen LogP contribution in [0.3, 0.4) is 0 Å². The molecule has 0 aliphatic rings. The molecule has 0 atom stereocenters. The summed E-state index contributed by atoms with van der Waals surface area (Å²) in [5.41, 5.74) is 4.50. The Labute approximate surface area is 125 Å². The van der Waals surface area contributed by atoms with Gasteiger partial charge in [-0.05, 0) is 35.9 Å². The summed E-state index contributed by atoms with van der Waals surface area (Å²) in [6.45, 7) is 0. The van der Waals surface area contributed by atoms with E-state index < -0.39 is 23.4 Å². The molecule has 112 valence electrons. The van der Waals surface area contributed by atoms with Crippen LogP contribution in [0.1, 0.15) is 15.9 Å². The number of amides is 2. The van der Waals surface area contributed by atoms with Gasteiger partial charge in [-0.15, -0.1) is 0 Å². The number of benzene rings is 2. The molecule has 0 heterocycles. The molecule has 0 aliphatic heterocycles. The van der Waals surface area contributed by atoms with Crippen molar-refractivity contribution in [3.63, 3.8) is 0 Å². The van der Waals surface area contributed by atoms with Gasteiger partial charge in [0.2, 0.25) is 0 Å². The van der Waals surface area contributed by atoms with Crippen molar-refractivity contribution in [2.75, 3.05) is 0 Å². The van der Waals surface area contributed by atoms with Crippen LogP contribution in [0.25, 0.3) is 6.08 Å². The summed E-state index contributed by atoms with van der Waals surface area (Å²) in [7, 11) is 0. The molecule has 2 aromatic carbocycles. The molecule has 0 radical (unpaired) electrons. The zero-order valence-electron chi connectivity index (χ0n) is 11.3. The van der Waals surface area contributed by atoms with Crippen molar-refractivity contribution in [3.8, 4) is 0 Å². The standard InChI is InChI=1S/C16H12F2N2O2/c17-12-5-3-4-11(10-12)8-9-15(21)19-20-16(22)13-6-1-2-7-14(13)18/h1-10H,(H,19,21)(H,20,22)/b9-8+. The molecule has 0 bridgehead atoms. The highest BCUT2D eigenvalue weighted by Crippen LogP contribution is 2.06. The maximum absolute atomic E-state index is 13.3. The van der Waals surface area contributed by atoms with Crippen molar-refractivity contribution < 1.29 is 18.4 Å². The second-order valence-corrected chi connectivity index (χ2v) is 4.31. The number of carbonyl (C=O) groups excluding carboxylic acids is 2. The number of carbonyl (C=O) groups is 2. The highest BCUT2D eigenvalue weighted by atomic mass is 19.1. The van der Waals surface area contributed by atoms with E-state index in [0.29, 0.717) is 5.56 Å². The molecule has 2 N–H and O–H groups in total. The Morgan fingerprint density at radius 1 is 0.955 bits per heavy atom. The smallest absolute Gasteiger partial charge is 0.268 e. The zero-order chi connectivity index (χ0) is 15.9. The topological polar surface area (TPSA) is 58.2 Å². The monoisotopic (exact) mass is 302 g/mol. The molecule has 2 rings (SSSR count). The van der Waals surface area contributed by atoms with Gasteiger partial charge in [0.05, 0.1) is 5.56 Å². The van der Waals surface area contributed by atoms with Gasteiger partial charge in [0.15, 0.2) is 0 Å². The molecule has 6 heteroatoms. The second-order valence-electron chi connectivity index (χ2n) is 4.31. The van der Waals surface area contributed by atoms with Crippen molar-refractivity contribution in [2.24, 2.45) is 0 Å². The Morgan fingerprint density at radius 2 is 1.73 bits per heavy atom. The lowest BCUT2D eigenvalue weighted by Gasteiger charge is -2.05. The van der Waals surface area contributed by atoms with Crippen LogP contribution in [-0.4, -0.2) is 11.8 Å². The minimum atomic E-state index is -0.773. The summed E-state index contributed by atoms with van der Waals surface area (Å²) in [5, 5.41) is 0. The van der Waals surface area contributed by atoms with E-state index in [9.17, 15) is 18.4 Å². The number of rotatable bonds is 3. The molecule has 0 unspecified atom stereocenters. The average Bonchev–Trinajstić information content (AvgIpc) is 2.51. The molecule has 22 heavy (non-hydrogen) atoms. The molecular weight excluding hydrogens is 290 g/mol. The fourth-order valence-electron chi connectivity index (χ4n) is 1.65. The van der Waals surface area contributed by atoms with E-state index in [4.69, 9.17) is 0 Å². The van der Waals surface area contributed by atoms with Crippen LogP contribution < -0.4 is 10.9 Å². The van der Waals surface area contributed by atoms with Crippen molar-refractivity contribution >= 4 is 17.9 Å². The molecule has 0 aromatic heterocycles. The third-order valence-corrected chi connectivity index (χ3v) is 2.69. The summed E-state index contributed by atoms with van der Waals surface area (Å²) in [6, 6.07) is 11.0. The molecule has 4 nitrogen and oxygen atoms in total. The third-order valence-electron chi connectivity index (χ3n) is 2.69. The number of hydrogen-bond donors (Lipinski definition) is 2. The summed E-state index contributed by atoms with van der Waals surface area (Å²) in [4.78, 5) is 23.2. The maximum Gasteiger partial charge on any atom is 0.272 e. The average molecular weight is 302 g/mol. The Morgan fingerprint density at radius 3 is 2.45 bits per heavy atom. The summed E-state index contributed by atoms with van der Waals surface area (Å²) >= 11 is 0. The first-order valence-corrected chi connectivity index (χ1v) is 6.35. The predicted molar refractivity (Wildman–Crippen MR) is 77.4 cm³/mol. The van der Waals surface area contributed by atoms with E-state index in [1.807, 2.05) is 0 Å². The normalized spacial score (nSPS) is 10.5. The zero-order valence-corrected chi connectivity index (χ0v) is 11.3. The summed E-state index contributed by atoms with van der Waals surface area (Å²) in [5.74, 6) is -2.51. The Kier molecular flexibility index (Phi) is 4.98. The Bertz CT molecular complexity index is 730. The number of hydrogen-bond acceptors (Lipinski definition) is 2. The molecule has 0 saturated carbocycles. The molecule has 0 saturated heterocycles. The highest BCUT2D eigenvalue weighted by Gasteiger charge is 2.10. The molecule has 0 fully saturated rings. The van der Waals surface area contributed by atoms with Crippen molar-refractivity contribution in [1.82, 2.24) is 10.9 Å². The molecule has 0 aliphatic carbocycles. The van der Waals surface area contributed by atoms with Crippen LogP contribution in [0, 0.1) is 11.6 Å². The van der Waals surface area contributed by atoms with Gasteiger partial charge in [-0.2, -0.15) is 0 Å². The lowest BCUT2D eigenvalue weighted by molar-refractivity contribution is -0.117. The van der Waals surface area contributed by atoms with Gasteiger partial charge >= 0.3 is 0 Å². The summed E-state index contributed by atoms with van der Waals surface area (Å²) in [6.07, 6.45) is 2.50. The first-order chi connectivity index (χ1) is 10.6. The minimum Gasteiger partial charge on any atom is -0.268 e. The second kappa shape index (κ2) is 7.12. The van der Waals surface area contributed by atoms with E-state index in [1.54, 1.807) is 6.07 Å². The molecular formula is C16H12F2N2O2. The van der Waals surface area contributed by atoms with Crippen LogP contribution in [0.15, 0.2) is 54.6 Å². The van der Waals surface area contributed by atoms with Gasteiger partial charge in [-0.25, -0.2) is 8.78 Å². The van der Waals surface area contributed by atoms with E-state index in [1.165, 1.54) is 42.5 Å². The fraction of sp³-hybridized carbons (Fsp3) is 0. The van der Waals surface area contributed by atoms with E-state index >= 15 is 0 Å². The predicted octanol–water partition coefficient (Wildman–Crippen LogP) is 2.44. The van der Waals surface area contributed by atoms with Crippen molar-refractivity contribution in [3.05, 3.63) is 77.4 Å². The van der Waals surface area contributed by atoms with Gasteiger partial charge < -0.3 is 0 Å². The quantitative estimate of drug-likeness (QED) is 0.676. The van der Waals surface area contributed by atoms with Crippen molar-refractivity contribution in [1.29, 1.82) is 0 Å². The van der Waals surface area contributed by atoms with Crippen LogP contribution in [-0.2, 0) is 4.79 Å². The third kappa shape index (κ3) is 4.24. The van der Waals surface area contributed by atoms with Gasteiger partial charge in [0, 0.05) is 6.08 Å².